The molecule has 0 spiro atoms. The van der Waals surface area contributed by atoms with Crippen LogP contribution in [-0.2, 0) is 0 Å². The smallest absolute Gasteiger partial charge is 0.128 e. The third-order valence-electron chi connectivity index (χ3n) is 5.91. The van der Waals surface area contributed by atoms with E-state index in [2.05, 4.69) is 0 Å². The van der Waals surface area contributed by atoms with E-state index in [0.717, 1.165) is 0 Å². The second kappa shape index (κ2) is 7.61. The van der Waals surface area contributed by atoms with Crippen molar-refractivity contribution in [1.82, 2.24) is 0 Å². The Morgan fingerprint density at radius 3 is 1.93 bits per heavy atom. The van der Waals surface area contributed by atoms with Gasteiger partial charge >= 0.3 is 0 Å². The third-order valence-corrected chi connectivity index (χ3v) is 5.91. The van der Waals surface area contributed by atoms with Gasteiger partial charge in [0, 0.05) is 17.1 Å². The molecule has 0 aliphatic heterocycles. The topological polar surface area (TPSA) is 142 Å². The molecule has 0 amide bonds. The predicted octanol–water partition coefficient (Wildman–Crippen LogP) is 0.390. The predicted molar refractivity (Wildman–Crippen MR) is 97.6 cm³/mol. The van der Waals surface area contributed by atoms with Gasteiger partial charge in [-0.3, -0.25) is 0 Å². The van der Waals surface area contributed by atoms with Crippen LogP contribution in [0.25, 0.3) is 0 Å². The Kier molecular flexibility index (Phi) is 5.60. The van der Waals surface area contributed by atoms with E-state index >= 15 is 0 Å². The largest absolute Gasteiger partial charge is 0.511 e. The van der Waals surface area contributed by atoms with Gasteiger partial charge in [-0.1, -0.05) is 19.1 Å². The Balaban J connectivity index is 2.33. The SMILES string of the molecule is CCC1C2=C(CO)C=C(CO)[C@@H](O)C2C(O)=C2C(O)=C(CO)C=C(CO)C21. The molecule has 0 bridgehead atoms. The van der Waals surface area contributed by atoms with Gasteiger partial charge in [0.15, 0.2) is 0 Å². The Morgan fingerprint density at radius 1 is 0.815 bits per heavy atom. The number of rotatable bonds is 5. The Morgan fingerprint density at radius 2 is 1.41 bits per heavy atom. The van der Waals surface area contributed by atoms with Gasteiger partial charge in [0.05, 0.1) is 38.4 Å². The molecular formula is C20H26O7. The molecular weight excluding hydrogens is 352 g/mol. The zero-order chi connectivity index (χ0) is 19.9. The van der Waals surface area contributed by atoms with Crippen molar-refractivity contribution >= 4 is 0 Å². The zero-order valence-electron chi connectivity index (χ0n) is 15.1. The Hall–Kier alpha value is -1.90. The van der Waals surface area contributed by atoms with Gasteiger partial charge in [0.1, 0.15) is 11.5 Å². The maximum Gasteiger partial charge on any atom is 0.128 e. The van der Waals surface area contributed by atoms with Crippen LogP contribution in [0.1, 0.15) is 13.3 Å². The summed E-state index contributed by atoms with van der Waals surface area (Å²) in [6.45, 7) is 0.383. The number of allylic oxidation sites excluding steroid dienone is 1. The molecule has 4 atom stereocenters. The molecule has 0 saturated carbocycles. The molecule has 0 fully saturated rings. The second-order valence-corrected chi connectivity index (χ2v) is 7.14. The third kappa shape index (κ3) is 2.86. The summed E-state index contributed by atoms with van der Waals surface area (Å²) in [4.78, 5) is 0. The first-order valence-corrected chi connectivity index (χ1v) is 9.05. The van der Waals surface area contributed by atoms with Crippen LogP contribution in [0.5, 0.6) is 0 Å². The van der Waals surface area contributed by atoms with E-state index in [9.17, 15) is 35.7 Å². The summed E-state index contributed by atoms with van der Waals surface area (Å²) < 4.78 is 0. The van der Waals surface area contributed by atoms with Crippen LogP contribution in [-0.4, -0.2) is 68.3 Å². The summed E-state index contributed by atoms with van der Waals surface area (Å²) in [5, 5.41) is 71.2. The lowest BCUT2D eigenvalue weighted by Crippen LogP contribution is -2.43. The summed E-state index contributed by atoms with van der Waals surface area (Å²) in [5.74, 6) is -2.24. The van der Waals surface area contributed by atoms with E-state index in [1.54, 1.807) is 6.08 Å². The molecule has 0 aromatic carbocycles. The minimum absolute atomic E-state index is 0.182. The van der Waals surface area contributed by atoms with Gasteiger partial charge in [-0.15, -0.1) is 0 Å². The van der Waals surface area contributed by atoms with Gasteiger partial charge in [0.25, 0.3) is 0 Å². The van der Waals surface area contributed by atoms with Crippen molar-refractivity contribution < 1.29 is 35.7 Å². The molecule has 0 saturated heterocycles. The lowest BCUT2D eigenvalue weighted by Gasteiger charge is -2.46. The maximum atomic E-state index is 11.0. The fourth-order valence-electron chi connectivity index (χ4n) is 4.71. The number of aliphatic hydroxyl groups is 7. The molecule has 0 aromatic heterocycles. The van der Waals surface area contributed by atoms with Crippen LogP contribution in [0, 0.1) is 17.8 Å². The van der Waals surface area contributed by atoms with Crippen molar-refractivity contribution in [3.8, 4) is 0 Å². The summed E-state index contributed by atoms with van der Waals surface area (Å²) in [5.41, 5.74) is 2.34. The van der Waals surface area contributed by atoms with E-state index in [-0.39, 0.29) is 47.4 Å². The minimum Gasteiger partial charge on any atom is -0.511 e. The molecule has 3 unspecified atom stereocenters. The molecule has 7 N–H and O–H groups in total. The molecule has 3 aliphatic carbocycles. The average Bonchev–Trinajstić information content (AvgIpc) is 2.68. The lowest BCUT2D eigenvalue weighted by atomic mass is 9.60. The van der Waals surface area contributed by atoms with Crippen LogP contribution in [0.3, 0.4) is 0 Å². The molecule has 27 heavy (non-hydrogen) atoms. The highest BCUT2D eigenvalue weighted by Gasteiger charge is 2.49. The van der Waals surface area contributed by atoms with Crippen LogP contribution in [0.4, 0.5) is 0 Å². The van der Waals surface area contributed by atoms with Crippen LogP contribution < -0.4 is 0 Å². The fourth-order valence-corrected chi connectivity index (χ4v) is 4.71. The first kappa shape index (κ1) is 19.9. The molecule has 7 heteroatoms. The van der Waals surface area contributed by atoms with Gasteiger partial charge < -0.3 is 35.7 Å². The van der Waals surface area contributed by atoms with Crippen molar-refractivity contribution in [3.63, 3.8) is 0 Å². The summed E-state index contributed by atoms with van der Waals surface area (Å²) in [6, 6.07) is 0. The highest BCUT2D eigenvalue weighted by Crippen LogP contribution is 2.53. The van der Waals surface area contributed by atoms with E-state index in [0.29, 0.717) is 23.1 Å². The Labute approximate surface area is 157 Å². The van der Waals surface area contributed by atoms with E-state index in [4.69, 9.17) is 0 Å². The van der Waals surface area contributed by atoms with Crippen LogP contribution >= 0.6 is 0 Å². The average molecular weight is 378 g/mol. The molecule has 148 valence electrons. The first-order valence-electron chi connectivity index (χ1n) is 9.05. The maximum absolute atomic E-state index is 11.0. The van der Waals surface area contributed by atoms with E-state index in [1.165, 1.54) is 6.08 Å². The van der Waals surface area contributed by atoms with Crippen LogP contribution in [0.2, 0.25) is 0 Å². The van der Waals surface area contributed by atoms with Crippen molar-refractivity contribution in [2.45, 2.75) is 19.4 Å². The highest BCUT2D eigenvalue weighted by atomic mass is 16.3. The van der Waals surface area contributed by atoms with Gasteiger partial charge in [-0.2, -0.15) is 0 Å². The van der Waals surface area contributed by atoms with Gasteiger partial charge in [-0.05, 0) is 34.6 Å². The fraction of sp³-hybridized carbons (Fsp3) is 0.500. The van der Waals surface area contributed by atoms with Crippen molar-refractivity contribution in [3.05, 3.63) is 57.1 Å². The number of hydrogen-bond acceptors (Lipinski definition) is 7. The molecule has 0 aromatic rings. The molecule has 0 radical (unpaired) electrons. The van der Waals surface area contributed by atoms with Gasteiger partial charge in [0.2, 0.25) is 0 Å². The lowest BCUT2D eigenvalue weighted by molar-refractivity contribution is 0.110. The molecule has 3 aliphatic rings. The van der Waals surface area contributed by atoms with Crippen molar-refractivity contribution in [1.29, 1.82) is 0 Å². The van der Waals surface area contributed by atoms with E-state index < -0.39 is 31.2 Å². The highest BCUT2D eigenvalue weighted by molar-refractivity contribution is 5.57. The number of fused-ring (bicyclic) bond motifs is 2. The standard InChI is InChI=1S/C20H26O7/c1-2-13-14-9(5-21)3-11(7-23)18(25)16(14)20(27)17-15(13)10(6-22)4-12(8-24)19(17)26/h3-4,13-14,17,19,21-27H,2,5-8H2,1H3/t13?,14?,17?,19-/m1/s1. The van der Waals surface area contributed by atoms with E-state index in [1.807, 2.05) is 6.92 Å². The van der Waals surface area contributed by atoms with Gasteiger partial charge in [-0.25, -0.2) is 0 Å². The number of aliphatic hydroxyl groups excluding tert-OH is 7. The summed E-state index contributed by atoms with van der Waals surface area (Å²) in [7, 11) is 0. The quantitative estimate of drug-likeness (QED) is 0.367. The van der Waals surface area contributed by atoms with Crippen molar-refractivity contribution in [2.75, 3.05) is 26.4 Å². The molecule has 3 rings (SSSR count). The summed E-state index contributed by atoms with van der Waals surface area (Å²) in [6.07, 6.45) is 2.46. The second-order valence-electron chi connectivity index (χ2n) is 7.14. The Bertz CT molecular complexity index is 784. The van der Waals surface area contributed by atoms with Crippen LogP contribution in [0.15, 0.2) is 57.1 Å². The van der Waals surface area contributed by atoms with Crippen molar-refractivity contribution in [2.24, 2.45) is 17.8 Å². The molecule has 7 nitrogen and oxygen atoms in total. The first-order chi connectivity index (χ1) is 12.9. The minimum atomic E-state index is -1.20. The zero-order valence-corrected chi connectivity index (χ0v) is 15.1. The number of hydrogen-bond donors (Lipinski definition) is 7. The normalized spacial score (nSPS) is 30.9. The monoisotopic (exact) mass is 378 g/mol. The molecule has 0 heterocycles. The summed E-state index contributed by atoms with van der Waals surface area (Å²) >= 11 is 0.